The van der Waals surface area contributed by atoms with Crippen molar-refractivity contribution in [3.05, 3.63) is 72.3 Å². The molecule has 0 aromatic rings. The van der Waals surface area contributed by atoms with Crippen molar-refractivity contribution in [2.75, 3.05) is 0 Å². The number of halogens is 2. The smallest absolute Gasteiger partial charge is 0.0422 e. The molecule has 0 radical (unpaired) electrons. The Bertz CT molecular complexity index is 439. The van der Waals surface area contributed by atoms with Crippen LogP contribution in [-0.2, 0) is 0 Å². The fourth-order valence-electron chi connectivity index (χ4n) is 2.00. The van der Waals surface area contributed by atoms with Gasteiger partial charge in [0.1, 0.15) is 0 Å². The summed E-state index contributed by atoms with van der Waals surface area (Å²) in [6.45, 7) is 0. The van der Waals surface area contributed by atoms with Gasteiger partial charge in [-0.3, -0.25) is 0 Å². The summed E-state index contributed by atoms with van der Waals surface area (Å²) in [4.78, 5) is 2.24. The fourth-order valence-corrected chi connectivity index (χ4v) is 2.00. The maximum Gasteiger partial charge on any atom is 0.0422 e. The molecule has 0 saturated carbocycles. The molecule has 3 rings (SSSR count). The topological polar surface area (TPSA) is 3.24 Å². The molecule has 0 spiro atoms. The van der Waals surface area contributed by atoms with E-state index in [1.807, 2.05) is 0 Å². The summed E-state index contributed by atoms with van der Waals surface area (Å²) in [5.41, 5.74) is 2.62. The van der Waals surface area contributed by atoms with Gasteiger partial charge in [-0.15, -0.1) is 24.8 Å². The number of hydrogen-bond donors (Lipinski definition) is 0. The number of fused-ring (bicyclic) bond motifs is 3. The van der Waals surface area contributed by atoms with Crippen molar-refractivity contribution >= 4 is 24.8 Å². The Morgan fingerprint density at radius 1 is 0.938 bits per heavy atom. The Morgan fingerprint density at radius 3 is 2.69 bits per heavy atom. The van der Waals surface area contributed by atoms with Gasteiger partial charge in [-0.05, 0) is 24.3 Å². The van der Waals surface area contributed by atoms with Crippen molar-refractivity contribution < 1.29 is 0 Å². The van der Waals surface area contributed by atoms with Gasteiger partial charge in [0, 0.05) is 23.5 Å². The molecule has 1 unspecified atom stereocenters. The van der Waals surface area contributed by atoms with E-state index < -0.39 is 0 Å². The zero-order valence-electron chi connectivity index (χ0n) is 8.61. The first-order valence-corrected chi connectivity index (χ1v) is 4.86. The van der Waals surface area contributed by atoms with E-state index in [4.69, 9.17) is 0 Å². The Kier molecular flexibility index (Phi) is 4.22. The molecule has 16 heavy (non-hydrogen) atoms. The van der Waals surface area contributed by atoms with Gasteiger partial charge in [0.05, 0.1) is 0 Å². The Morgan fingerprint density at radius 2 is 1.81 bits per heavy atom. The van der Waals surface area contributed by atoms with E-state index >= 15 is 0 Å². The SMILES string of the molecule is C1=CC=C2C(C=C1)C=C1C=CC=CN12.Cl.Cl. The van der Waals surface area contributed by atoms with Crippen molar-refractivity contribution in [1.82, 2.24) is 4.90 Å². The van der Waals surface area contributed by atoms with Gasteiger partial charge >= 0.3 is 0 Å². The standard InChI is InChI=1S/C13H11N.2ClH/c1-2-6-11-10-12-7-4-5-9-14(12)13(11)8-3-1;;/h1-11H;2*1H. The van der Waals surface area contributed by atoms with E-state index in [2.05, 4.69) is 65.8 Å². The lowest BCUT2D eigenvalue weighted by Crippen LogP contribution is -2.13. The summed E-state index contributed by atoms with van der Waals surface area (Å²) in [5, 5.41) is 0. The predicted octanol–water partition coefficient (Wildman–Crippen LogP) is 3.74. The predicted molar refractivity (Wildman–Crippen MR) is 72.6 cm³/mol. The van der Waals surface area contributed by atoms with Crippen molar-refractivity contribution in [2.24, 2.45) is 5.92 Å². The lowest BCUT2D eigenvalue weighted by molar-refractivity contribution is 0.589. The Hall–Kier alpha value is -1.18. The van der Waals surface area contributed by atoms with E-state index in [-0.39, 0.29) is 24.8 Å². The fraction of sp³-hybridized carbons (Fsp3) is 0.0769. The maximum absolute atomic E-state index is 2.29. The van der Waals surface area contributed by atoms with Crippen molar-refractivity contribution in [3.8, 4) is 0 Å². The van der Waals surface area contributed by atoms with Crippen LogP contribution < -0.4 is 0 Å². The molecule has 0 saturated heterocycles. The monoisotopic (exact) mass is 253 g/mol. The molecule has 84 valence electrons. The molecule has 2 aliphatic heterocycles. The summed E-state index contributed by atoms with van der Waals surface area (Å²) in [6.07, 6.45) is 21.4. The highest BCUT2D eigenvalue weighted by molar-refractivity contribution is 5.85. The maximum atomic E-state index is 2.29. The van der Waals surface area contributed by atoms with Gasteiger partial charge < -0.3 is 4.90 Å². The van der Waals surface area contributed by atoms with E-state index in [1.165, 1.54) is 11.4 Å². The van der Waals surface area contributed by atoms with Gasteiger partial charge in [-0.1, -0.05) is 30.4 Å². The minimum Gasteiger partial charge on any atom is -0.320 e. The van der Waals surface area contributed by atoms with Gasteiger partial charge in [0.15, 0.2) is 0 Å². The molecular formula is C13H13Cl2N. The molecule has 2 heterocycles. The second kappa shape index (κ2) is 5.24. The van der Waals surface area contributed by atoms with Crippen LogP contribution in [0.1, 0.15) is 0 Å². The highest BCUT2D eigenvalue weighted by Crippen LogP contribution is 2.34. The van der Waals surface area contributed by atoms with E-state index in [9.17, 15) is 0 Å². The molecule has 0 aromatic carbocycles. The number of rotatable bonds is 0. The van der Waals surface area contributed by atoms with Crippen LogP contribution in [0.2, 0.25) is 0 Å². The lowest BCUT2D eigenvalue weighted by atomic mass is 10.1. The van der Waals surface area contributed by atoms with Crippen LogP contribution in [0.25, 0.3) is 0 Å². The first kappa shape index (κ1) is 12.9. The molecule has 0 aromatic heterocycles. The lowest BCUT2D eigenvalue weighted by Gasteiger charge is -2.21. The van der Waals surface area contributed by atoms with E-state index in [1.54, 1.807) is 0 Å². The van der Waals surface area contributed by atoms with Crippen LogP contribution in [0.15, 0.2) is 72.3 Å². The zero-order chi connectivity index (χ0) is 9.38. The highest BCUT2D eigenvalue weighted by atomic mass is 35.5. The summed E-state index contributed by atoms with van der Waals surface area (Å²) in [5.74, 6) is 0.437. The van der Waals surface area contributed by atoms with Crippen LogP contribution in [0.5, 0.6) is 0 Å². The molecule has 0 amide bonds. The van der Waals surface area contributed by atoms with Crippen molar-refractivity contribution in [1.29, 1.82) is 0 Å². The summed E-state index contributed by atoms with van der Waals surface area (Å²) >= 11 is 0. The zero-order valence-corrected chi connectivity index (χ0v) is 10.2. The first-order chi connectivity index (χ1) is 6.95. The molecule has 1 aliphatic carbocycles. The molecule has 0 bridgehead atoms. The number of nitrogens with zero attached hydrogens (tertiary/aromatic N) is 1. The number of hydrogen-bond acceptors (Lipinski definition) is 1. The average molecular weight is 254 g/mol. The van der Waals surface area contributed by atoms with Crippen molar-refractivity contribution in [3.63, 3.8) is 0 Å². The van der Waals surface area contributed by atoms with Crippen molar-refractivity contribution in [2.45, 2.75) is 0 Å². The minimum atomic E-state index is 0. The van der Waals surface area contributed by atoms with Crippen LogP contribution >= 0.6 is 24.8 Å². The second-order valence-corrected chi connectivity index (χ2v) is 3.55. The van der Waals surface area contributed by atoms with Crippen LogP contribution in [0.3, 0.4) is 0 Å². The third-order valence-electron chi connectivity index (χ3n) is 2.67. The second-order valence-electron chi connectivity index (χ2n) is 3.55. The van der Waals surface area contributed by atoms with Gasteiger partial charge in [-0.25, -0.2) is 0 Å². The third-order valence-corrected chi connectivity index (χ3v) is 2.67. The summed E-state index contributed by atoms with van der Waals surface area (Å²) in [6, 6.07) is 0. The Balaban J connectivity index is 0.000000640. The molecule has 0 fully saturated rings. The Labute approximate surface area is 108 Å². The molecular weight excluding hydrogens is 241 g/mol. The van der Waals surface area contributed by atoms with Gasteiger partial charge in [0.25, 0.3) is 0 Å². The summed E-state index contributed by atoms with van der Waals surface area (Å²) < 4.78 is 0. The molecule has 0 N–H and O–H groups in total. The largest absolute Gasteiger partial charge is 0.320 e. The molecule has 3 aliphatic rings. The first-order valence-electron chi connectivity index (χ1n) is 4.86. The quantitative estimate of drug-likeness (QED) is 0.636. The molecule has 1 nitrogen and oxygen atoms in total. The van der Waals surface area contributed by atoms with E-state index in [0.717, 1.165) is 0 Å². The normalized spacial score (nSPS) is 23.5. The van der Waals surface area contributed by atoms with Crippen LogP contribution in [-0.4, -0.2) is 4.90 Å². The van der Waals surface area contributed by atoms with Crippen LogP contribution in [0, 0.1) is 5.92 Å². The minimum absolute atomic E-state index is 0. The van der Waals surface area contributed by atoms with Gasteiger partial charge in [0.2, 0.25) is 0 Å². The third kappa shape index (κ3) is 2.01. The molecule has 1 atom stereocenters. The average Bonchev–Trinajstić information content (AvgIpc) is 2.42. The summed E-state index contributed by atoms with van der Waals surface area (Å²) in [7, 11) is 0. The highest BCUT2D eigenvalue weighted by Gasteiger charge is 2.25. The number of allylic oxidation sites excluding steroid dienone is 8. The van der Waals surface area contributed by atoms with Gasteiger partial charge in [-0.2, -0.15) is 0 Å². The van der Waals surface area contributed by atoms with Crippen LogP contribution in [0.4, 0.5) is 0 Å². The molecule has 3 heteroatoms. The van der Waals surface area contributed by atoms with E-state index in [0.29, 0.717) is 5.92 Å².